The molecule has 23 heavy (non-hydrogen) atoms. The largest absolute Gasteiger partial charge is 0.396 e. The molecule has 1 unspecified atom stereocenters. The van der Waals surface area contributed by atoms with E-state index < -0.39 is 0 Å². The van der Waals surface area contributed by atoms with Crippen molar-refractivity contribution >= 4 is 10.9 Å². The molecule has 0 aliphatic rings. The topological polar surface area (TPSA) is 25.2 Å². The Morgan fingerprint density at radius 2 is 1.87 bits per heavy atom. The zero-order valence-electron chi connectivity index (χ0n) is 13.2. The van der Waals surface area contributed by atoms with Crippen LogP contribution in [-0.4, -0.2) is 16.3 Å². The molecule has 0 saturated carbocycles. The maximum atomic E-state index is 13.6. The Morgan fingerprint density at radius 3 is 2.57 bits per heavy atom. The lowest BCUT2D eigenvalue weighted by Gasteiger charge is -2.14. The number of halogens is 2. The fraction of sp³-hybridized carbons (Fsp3) is 0.263. The average molecular weight is 315 g/mol. The number of aromatic nitrogens is 1. The SMILES string of the molecule is Cc1cc(-n2c(CC(C)CO)cc3cc(F)ccc32)ccc1F. The number of fused-ring (bicyclic) bond motifs is 1. The van der Waals surface area contributed by atoms with Gasteiger partial charge in [-0.25, -0.2) is 8.78 Å². The van der Waals surface area contributed by atoms with Crippen LogP contribution in [0.5, 0.6) is 0 Å². The number of aliphatic hydroxyl groups excluding tert-OH is 1. The van der Waals surface area contributed by atoms with Gasteiger partial charge in [-0.05, 0) is 67.3 Å². The molecule has 120 valence electrons. The van der Waals surface area contributed by atoms with Crippen molar-refractivity contribution in [2.75, 3.05) is 6.61 Å². The summed E-state index contributed by atoms with van der Waals surface area (Å²) >= 11 is 0. The van der Waals surface area contributed by atoms with Crippen molar-refractivity contribution in [3.8, 4) is 5.69 Å². The van der Waals surface area contributed by atoms with Crippen molar-refractivity contribution in [3.63, 3.8) is 0 Å². The first-order valence-electron chi connectivity index (χ1n) is 7.67. The Kier molecular flexibility index (Phi) is 4.18. The summed E-state index contributed by atoms with van der Waals surface area (Å²) in [6, 6.07) is 11.5. The van der Waals surface area contributed by atoms with Crippen LogP contribution in [0.25, 0.3) is 16.6 Å². The molecule has 1 N–H and O–H groups in total. The highest BCUT2D eigenvalue weighted by molar-refractivity contribution is 5.83. The lowest BCUT2D eigenvalue weighted by molar-refractivity contribution is 0.236. The molecule has 4 heteroatoms. The maximum Gasteiger partial charge on any atom is 0.126 e. The number of aryl methyl sites for hydroxylation is 1. The minimum atomic E-state index is -0.285. The lowest BCUT2D eigenvalue weighted by Crippen LogP contribution is -2.09. The third kappa shape index (κ3) is 2.99. The monoisotopic (exact) mass is 315 g/mol. The lowest BCUT2D eigenvalue weighted by atomic mass is 10.1. The molecular weight excluding hydrogens is 296 g/mol. The van der Waals surface area contributed by atoms with Gasteiger partial charge in [-0.15, -0.1) is 0 Å². The Hall–Kier alpha value is -2.20. The van der Waals surface area contributed by atoms with Crippen LogP contribution in [0.4, 0.5) is 8.78 Å². The zero-order valence-corrected chi connectivity index (χ0v) is 13.2. The Morgan fingerprint density at radius 1 is 1.09 bits per heavy atom. The zero-order chi connectivity index (χ0) is 16.6. The molecule has 1 heterocycles. The first kappa shape index (κ1) is 15.7. The second-order valence-electron chi connectivity index (χ2n) is 6.10. The van der Waals surface area contributed by atoms with Crippen LogP contribution in [-0.2, 0) is 6.42 Å². The van der Waals surface area contributed by atoms with Gasteiger partial charge < -0.3 is 9.67 Å². The molecule has 2 aromatic carbocycles. The van der Waals surface area contributed by atoms with Crippen LogP contribution in [0, 0.1) is 24.5 Å². The van der Waals surface area contributed by atoms with Gasteiger partial charge in [-0.3, -0.25) is 0 Å². The number of rotatable bonds is 4. The molecule has 0 radical (unpaired) electrons. The van der Waals surface area contributed by atoms with Gasteiger partial charge in [0.15, 0.2) is 0 Å². The standard InChI is InChI=1S/C19H19F2NO/c1-12(11-23)7-17-10-14-9-15(20)3-6-19(14)22(17)16-4-5-18(21)13(2)8-16/h3-6,8-10,12,23H,7,11H2,1-2H3. The van der Waals surface area contributed by atoms with E-state index in [1.54, 1.807) is 25.1 Å². The summed E-state index contributed by atoms with van der Waals surface area (Å²) in [6.45, 7) is 3.76. The summed E-state index contributed by atoms with van der Waals surface area (Å²) in [6.07, 6.45) is 0.656. The first-order valence-corrected chi connectivity index (χ1v) is 7.67. The van der Waals surface area contributed by atoms with Crippen molar-refractivity contribution in [2.24, 2.45) is 5.92 Å². The van der Waals surface area contributed by atoms with Gasteiger partial charge >= 0.3 is 0 Å². The molecule has 3 aromatic rings. The van der Waals surface area contributed by atoms with Crippen LogP contribution in [0.15, 0.2) is 42.5 Å². The van der Waals surface area contributed by atoms with E-state index in [4.69, 9.17) is 0 Å². The van der Waals surface area contributed by atoms with Crippen molar-refractivity contribution < 1.29 is 13.9 Å². The Balaban J connectivity index is 2.22. The van der Waals surface area contributed by atoms with Gasteiger partial charge in [0.1, 0.15) is 11.6 Å². The third-order valence-corrected chi connectivity index (χ3v) is 4.11. The van der Waals surface area contributed by atoms with E-state index >= 15 is 0 Å². The predicted molar refractivity (Wildman–Crippen MR) is 87.9 cm³/mol. The van der Waals surface area contributed by atoms with Crippen LogP contribution in [0.2, 0.25) is 0 Å². The van der Waals surface area contributed by atoms with Gasteiger partial charge in [0.05, 0.1) is 5.52 Å². The fourth-order valence-electron chi connectivity index (χ4n) is 2.89. The minimum Gasteiger partial charge on any atom is -0.396 e. The summed E-state index contributed by atoms with van der Waals surface area (Å²) < 4.78 is 29.1. The fourth-order valence-corrected chi connectivity index (χ4v) is 2.89. The predicted octanol–water partition coefficient (Wildman–Crippen LogP) is 4.39. The van der Waals surface area contributed by atoms with Crippen LogP contribution in [0.3, 0.4) is 0 Å². The van der Waals surface area contributed by atoms with Crippen LogP contribution < -0.4 is 0 Å². The second kappa shape index (κ2) is 6.13. The molecule has 0 saturated heterocycles. The highest BCUT2D eigenvalue weighted by Crippen LogP contribution is 2.27. The van der Waals surface area contributed by atoms with E-state index in [2.05, 4.69) is 0 Å². The van der Waals surface area contributed by atoms with E-state index in [0.717, 1.165) is 22.3 Å². The van der Waals surface area contributed by atoms with E-state index in [0.29, 0.717) is 12.0 Å². The second-order valence-corrected chi connectivity index (χ2v) is 6.10. The summed E-state index contributed by atoms with van der Waals surface area (Å²) in [7, 11) is 0. The molecular formula is C19H19F2NO. The highest BCUT2D eigenvalue weighted by Gasteiger charge is 2.14. The molecule has 1 aromatic heterocycles. The molecule has 3 rings (SSSR count). The molecule has 0 bridgehead atoms. The molecule has 0 aliphatic carbocycles. The number of benzene rings is 2. The van der Waals surface area contributed by atoms with Crippen LogP contribution in [0.1, 0.15) is 18.2 Å². The molecule has 1 atom stereocenters. The highest BCUT2D eigenvalue weighted by atomic mass is 19.1. The number of hydrogen-bond acceptors (Lipinski definition) is 1. The molecule has 2 nitrogen and oxygen atoms in total. The molecule has 0 amide bonds. The Bertz CT molecular complexity index is 854. The van der Waals surface area contributed by atoms with E-state index in [9.17, 15) is 13.9 Å². The average Bonchev–Trinajstić information content (AvgIpc) is 2.86. The van der Waals surface area contributed by atoms with E-state index in [-0.39, 0.29) is 24.2 Å². The normalized spacial score (nSPS) is 12.7. The molecule has 0 fully saturated rings. The number of hydrogen-bond donors (Lipinski definition) is 1. The number of aliphatic hydroxyl groups is 1. The smallest absolute Gasteiger partial charge is 0.126 e. The Labute approximate surface area is 134 Å². The van der Waals surface area contributed by atoms with Crippen molar-refractivity contribution in [3.05, 3.63) is 65.4 Å². The van der Waals surface area contributed by atoms with Crippen molar-refractivity contribution in [1.29, 1.82) is 0 Å². The van der Waals surface area contributed by atoms with Crippen LogP contribution >= 0.6 is 0 Å². The van der Waals surface area contributed by atoms with Gasteiger partial charge in [-0.2, -0.15) is 0 Å². The first-order chi connectivity index (χ1) is 11.0. The third-order valence-electron chi connectivity index (χ3n) is 4.11. The van der Waals surface area contributed by atoms with E-state index in [1.807, 2.05) is 17.6 Å². The number of nitrogens with zero attached hydrogens (tertiary/aromatic N) is 1. The van der Waals surface area contributed by atoms with Crippen molar-refractivity contribution in [2.45, 2.75) is 20.3 Å². The molecule has 0 spiro atoms. The van der Waals surface area contributed by atoms with E-state index in [1.165, 1.54) is 18.2 Å². The maximum absolute atomic E-state index is 13.6. The van der Waals surface area contributed by atoms with Gasteiger partial charge in [0.25, 0.3) is 0 Å². The van der Waals surface area contributed by atoms with Gasteiger partial charge in [0.2, 0.25) is 0 Å². The van der Waals surface area contributed by atoms with Gasteiger partial charge in [-0.1, -0.05) is 6.92 Å². The van der Waals surface area contributed by atoms with Gasteiger partial charge in [0, 0.05) is 23.4 Å². The quantitative estimate of drug-likeness (QED) is 0.759. The molecule has 0 aliphatic heterocycles. The summed E-state index contributed by atoms with van der Waals surface area (Å²) in [5.74, 6) is -0.447. The van der Waals surface area contributed by atoms with Crippen molar-refractivity contribution in [1.82, 2.24) is 4.57 Å². The summed E-state index contributed by atoms with van der Waals surface area (Å²) in [5.41, 5.74) is 3.24. The summed E-state index contributed by atoms with van der Waals surface area (Å²) in [4.78, 5) is 0. The minimum absolute atomic E-state index is 0.0817. The summed E-state index contributed by atoms with van der Waals surface area (Å²) in [5, 5.41) is 10.1.